The molecule has 0 unspecified atom stereocenters. The Morgan fingerprint density at radius 2 is 1.90 bits per heavy atom. The third-order valence-electron chi connectivity index (χ3n) is 2.83. The summed E-state index contributed by atoms with van der Waals surface area (Å²) in [7, 11) is 3.78. The van der Waals surface area contributed by atoms with E-state index in [0.717, 1.165) is 15.9 Å². The van der Waals surface area contributed by atoms with E-state index in [0.29, 0.717) is 18.1 Å². The number of carbonyl (C=O) groups excluding carboxylic acids is 1. The molecular formula is C15H17BrN4O. The molecule has 0 aliphatic heterocycles. The van der Waals surface area contributed by atoms with Crippen LogP contribution in [0.25, 0.3) is 0 Å². The first kappa shape index (κ1) is 15.4. The molecule has 6 heteroatoms. The van der Waals surface area contributed by atoms with Gasteiger partial charge in [0, 0.05) is 29.8 Å². The van der Waals surface area contributed by atoms with Gasteiger partial charge in [-0.1, -0.05) is 15.9 Å². The predicted molar refractivity (Wildman–Crippen MR) is 86.4 cm³/mol. The Morgan fingerprint density at radius 1 is 1.24 bits per heavy atom. The summed E-state index contributed by atoms with van der Waals surface area (Å²) in [6, 6.07) is 9.10. The second-order valence-corrected chi connectivity index (χ2v) is 5.80. The average molecular weight is 349 g/mol. The van der Waals surface area contributed by atoms with Gasteiger partial charge in [-0.05, 0) is 37.3 Å². The zero-order valence-corrected chi connectivity index (χ0v) is 13.8. The lowest BCUT2D eigenvalue weighted by molar-refractivity contribution is 0.0950. The maximum atomic E-state index is 12.1. The van der Waals surface area contributed by atoms with E-state index in [4.69, 9.17) is 0 Å². The summed E-state index contributed by atoms with van der Waals surface area (Å²) in [6.07, 6.45) is 0. The minimum Gasteiger partial charge on any atom is -0.347 e. The molecule has 5 nitrogen and oxygen atoms in total. The van der Waals surface area contributed by atoms with Crippen molar-refractivity contribution < 1.29 is 4.79 Å². The summed E-state index contributed by atoms with van der Waals surface area (Å²) in [5.74, 6) is 0.521. The van der Waals surface area contributed by atoms with Gasteiger partial charge in [-0.25, -0.2) is 9.97 Å². The number of nitrogens with one attached hydrogen (secondary N) is 1. The molecule has 0 saturated heterocycles. The molecule has 0 atom stereocenters. The summed E-state index contributed by atoms with van der Waals surface area (Å²) in [6.45, 7) is 2.29. The predicted octanol–water partition coefficient (Wildman–Crippen LogP) is 2.54. The summed E-state index contributed by atoms with van der Waals surface area (Å²) in [4.78, 5) is 22.6. The maximum absolute atomic E-state index is 12.1. The smallest absolute Gasteiger partial charge is 0.251 e. The van der Waals surface area contributed by atoms with E-state index >= 15 is 0 Å². The first-order valence-corrected chi connectivity index (χ1v) is 7.30. The lowest BCUT2D eigenvalue weighted by atomic mass is 10.2. The van der Waals surface area contributed by atoms with Crippen LogP contribution in [-0.2, 0) is 6.54 Å². The van der Waals surface area contributed by atoms with Crippen LogP contribution in [0.3, 0.4) is 0 Å². The van der Waals surface area contributed by atoms with Gasteiger partial charge >= 0.3 is 0 Å². The number of aromatic nitrogens is 2. The van der Waals surface area contributed by atoms with Crippen LogP contribution in [0.1, 0.15) is 21.7 Å². The van der Waals surface area contributed by atoms with Crippen molar-refractivity contribution in [3.63, 3.8) is 0 Å². The van der Waals surface area contributed by atoms with Crippen LogP contribution in [-0.4, -0.2) is 30.0 Å². The molecule has 1 heterocycles. The highest BCUT2D eigenvalue weighted by molar-refractivity contribution is 9.10. The second kappa shape index (κ2) is 6.67. The molecule has 0 fully saturated rings. The van der Waals surface area contributed by atoms with Crippen molar-refractivity contribution >= 4 is 27.8 Å². The standard InChI is InChI=1S/C15H17BrN4O/c1-10-8-13(19-15(18-10)20(2)3)9-17-14(21)11-4-6-12(16)7-5-11/h4-8H,9H2,1-3H3,(H,17,21). The minimum absolute atomic E-state index is 0.120. The number of benzene rings is 1. The Balaban J connectivity index is 2.05. The third-order valence-corrected chi connectivity index (χ3v) is 3.36. The lowest BCUT2D eigenvalue weighted by Gasteiger charge is -2.12. The monoisotopic (exact) mass is 348 g/mol. The molecule has 0 saturated carbocycles. The van der Waals surface area contributed by atoms with E-state index in [1.807, 2.05) is 44.1 Å². The summed E-state index contributed by atoms with van der Waals surface area (Å²) >= 11 is 3.35. The fraction of sp³-hybridized carbons (Fsp3) is 0.267. The Kier molecular flexibility index (Phi) is 4.90. The Morgan fingerprint density at radius 3 is 2.52 bits per heavy atom. The molecule has 1 aromatic carbocycles. The van der Waals surface area contributed by atoms with Crippen LogP contribution < -0.4 is 10.2 Å². The molecule has 110 valence electrons. The van der Waals surface area contributed by atoms with E-state index in [2.05, 4.69) is 31.2 Å². The van der Waals surface area contributed by atoms with Crippen LogP contribution >= 0.6 is 15.9 Å². The first-order chi connectivity index (χ1) is 9.95. The molecule has 0 aliphatic rings. The fourth-order valence-electron chi connectivity index (χ4n) is 1.78. The van der Waals surface area contributed by atoms with E-state index in [-0.39, 0.29) is 5.91 Å². The zero-order chi connectivity index (χ0) is 15.4. The van der Waals surface area contributed by atoms with Crippen LogP contribution in [0.15, 0.2) is 34.8 Å². The van der Waals surface area contributed by atoms with Crippen molar-refractivity contribution in [2.24, 2.45) is 0 Å². The van der Waals surface area contributed by atoms with Gasteiger partial charge in [0.1, 0.15) is 0 Å². The van der Waals surface area contributed by atoms with Crippen molar-refractivity contribution in [3.05, 3.63) is 51.8 Å². The first-order valence-electron chi connectivity index (χ1n) is 6.51. The highest BCUT2D eigenvalue weighted by atomic mass is 79.9. The molecule has 0 bridgehead atoms. The van der Waals surface area contributed by atoms with Crippen molar-refractivity contribution in [2.45, 2.75) is 13.5 Å². The van der Waals surface area contributed by atoms with Gasteiger partial charge in [0.25, 0.3) is 5.91 Å². The maximum Gasteiger partial charge on any atom is 0.251 e. The molecule has 0 aliphatic carbocycles. The normalized spacial score (nSPS) is 10.3. The summed E-state index contributed by atoms with van der Waals surface area (Å²) in [5, 5.41) is 2.87. The number of amides is 1. The van der Waals surface area contributed by atoms with Gasteiger partial charge in [0.15, 0.2) is 0 Å². The van der Waals surface area contributed by atoms with Gasteiger partial charge in [-0.2, -0.15) is 0 Å². The largest absolute Gasteiger partial charge is 0.347 e. The molecular weight excluding hydrogens is 332 g/mol. The number of carbonyl (C=O) groups is 1. The topological polar surface area (TPSA) is 58.1 Å². The molecule has 1 aromatic heterocycles. The van der Waals surface area contributed by atoms with Crippen molar-refractivity contribution in [1.29, 1.82) is 0 Å². The highest BCUT2D eigenvalue weighted by Gasteiger charge is 2.08. The van der Waals surface area contributed by atoms with Gasteiger partial charge in [-0.15, -0.1) is 0 Å². The Bertz CT molecular complexity index is 641. The second-order valence-electron chi connectivity index (χ2n) is 4.88. The zero-order valence-electron chi connectivity index (χ0n) is 12.2. The number of hydrogen-bond donors (Lipinski definition) is 1. The molecule has 2 rings (SSSR count). The van der Waals surface area contributed by atoms with Gasteiger partial charge in [-0.3, -0.25) is 4.79 Å². The Hall–Kier alpha value is -1.95. The van der Waals surface area contributed by atoms with Crippen LogP contribution in [0.2, 0.25) is 0 Å². The molecule has 21 heavy (non-hydrogen) atoms. The number of hydrogen-bond acceptors (Lipinski definition) is 4. The molecule has 1 amide bonds. The molecule has 1 N–H and O–H groups in total. The number of nitrogens with zero attached hydrogens (tertiary/aromatic N) is 3. The fourth-order valence-corrected chi connectivity index (χ4v) is 2.05. The highest BCUT2D eigenvalue weighted by Crippen LogP contribution is 2.11. The SMILES string of the molecule is Cc1cc(CNC(=O)c2ccc(Br)cc2)nc(N(C)C)n1. The van der Waals surface area contributed by atoms with Crippen LogP contribution in [0, 0.1) is 6.92 Å². The average Bonchev–Trinajstić information content (AvgIpc) is 2.45. The third kappa shape index (κ3) is 4.26. The summed E-state index contributed by atoms with van der Waals surface area (Å²) in [5.41, 5.74) is 2.29. The summed E-state index contributed by atoms with van der Waals surface area (Å²) < 4.78 is 0.945. The Labute approximate surface area is 132 Å². The van der Waals surface area contributed by atoms with Gasteiger partial charge in [0.2, 0.25) is 5.95 Å². The van der Waals surface area contributed by atoms with E-state index < -0.39 is 0 Å². The number of rotatable bonds is 4. The van der Waals surface area contributed by atoms with Crippen molar-refractivity contribution in [2.75, 3.05) is 19.0 Å². The number of aryl methyl sites for hydroxylation is 1. The van der Waals surface area contributed by atoms with E-state index in [1.165, 1.54) is 0 Å². The quantitative estimate of drug-likeness (QED) is 0.922. The van der Waals surface area contributed by atoms with E-state index in [1.54, 1.807) is 12.1 Å². The number of anilines is 1. The van der Waals surface area contributed by atoms with Gasteiger partial charge in [0.05, 0.1) is 12.2 Å². The van der Waals surface area contributed by atoms with Crippen LogP contribution in [0.5, 0.6) is 0 Å². The van der Waals surface area contributed by atoms with Crippen molar-refractivity contribution in [1.82, 2.24) is 15.3 Å². The number of halogens is 1. The minimum atomic E-state index is -0.120. The van der Waals surface area contributed by atoms with E-state index in [9.17, 15) is 4.79 Å². The van der Waals surface area contributed by atoms with Crippen molar-refractivity contribution in [3.8, 4) is 0 Å². The van der Waals surface area contributed by atoms with Crippen LogP contribution in [0.4, 0.5) is 5.95 Å². The molecule has 0 radical (unpaired) electrons. The molecule has 2 aromatic rings. The lowest BCUT2D eigenvalue weighted by Crippen LogP contribution is -2.24. The van der Waals surface area contributed by atoms with Gasteiger partial charge < -0.3 is 10.2 Å². The molecule has 0 spiro atoms.